The fourth-order valence-corrected chi connectivity index (χ4v) is 3.33. The third-order valence-corrected chi connectivity index (χ3v) is 4.91. The Bertz CT molecular complexity index is 1040. The quantitative estimate of drug-likeness (QED) is 0.522. The van der Waals surface area contributed by atoms with Crippen molar-refractivity contribution < 1.29 is 32.5 Å². The van der Waals surface area contributed by atoms with Crippen molar-refractivity contribution in [2.45, 2.75) is 18.7 Å². The van der Waals surface area contributed by atoms with Crippen LogP contribution in [0.5, 0.6) is 11.5 Å². The molecule has 7 heteroatoms. The average Bonchev–Trinajstić information content (AvgIpc) is 2.78. The molecular weight excluding hydrogens is 409 g/mol. The first-order valence-electron chi connectivity index (χ1n) is 9.43. The van der Waals surface area contributed by atoms with Gasteiger partial charge in [-0.25, -0.2) is 0 Å². The molecular formula is C24H21F3O4. The number of methoxy groups -OCH3 is 2. The molecule has 0 aliphatic heterocycles. The molecule has 0 aromatic heterocycles. The first-order valence-corrected chi connectivity index (χ1v) is 9.43. The van der Waals surface area contributed by atoms with Gasteiger partial charge in [-0.1, -0.05) is 48.5 Å². The number of alkyl halides is 3. The molecule has 162 valence electrons. The highest BCUT2D eigenvalue weighted by molar-refractivity contribution is 6.03. The van der Waals surface area contributed by atoms with Crippen LogP contribution < -0.4 is 9.47 Å². The summed E-state index contributed by atoms with van der Waals surface area (Å²) in [5, 5.41) is 10.5. The number of aliphatic hydroxyl groups excluding tert-OH is 1. The highest BCUT2D eigenvalue weighted by Gasteiger charge is 2.30. The van der Waals surface area contributed by atoms with Gasteiger partial charge in [0.1, 0.15) is 6.10 Å². The van der Waals surface area contributed by atoms with Crippen molar-refractivity contribution in [3.8, 4) is 11.5 Å². The first-order chi connectivity index (χ1) is 14.8. The van der Waals surface area contributed by atoms with E-state index in [1.807, 2.05) is 0 Å². The lowest BCUT2D eigenvalue weighted by Crippen LogP contribution is -2.14. The fraction of sp³-hybridized carbons (Fsp3) is 0.208. The number of aliphatic hydroxyl groups is 1. The van der Waals surface area contributed by atoms with E-state index < -0.39 is 23.6 Å². The molecule has 0 saturated heterocycles. The number of hydrogen-bond donors (Lipinski definition) is 1. The summed E-state index contributed by atoms with van der Waals surface area (Å²) in [4.78, 5) is 12.9. The van der Waals surface area contributed by atoms with E-state index in [9.17, 15) is 23.1 Å². The predicted octanol–water partition coefficient (Wildman–Crippen LogP) is 5.23. The van der Waals surface area contributed by atoms with Crippen molar-refractivity contribution in [2.75, 3.05) is 14.2 Å². The number of rotatable bonds is 7. The summed E-state index contributed by atoms with van der Waals surface area (Å²) in [6.07, 6.45) is -5.51. The Balaban J connectivity index is 1.93. The lowest BCUT2D eigenvalue weighted by Gasteiger charge is -2.18. The van der Waals surface area contributed by atoms with Gasteiger partial charge in [0.15, 0.2) is 17.3 Å². The zero-order valence-electron chi connectivity index (χ0n) is 16.9. The van der Waals surface area contributed by atoms with Gasteiger partial charge in [0.2, 0.25) is 0 Å². The Morgan fingerprint density at radius 3 is 2.06 bits per heavy atom. The zero-order chi connectivity index (χ0) is 22.6. The summed E-state index contributed by atoms with van der Waals surface area (Å²) >= 11 is 0. The monoisotopic (exact) mass is 430 g/mol. The lowest BCUT2D eigenvalue weighted by molar-refractivity contribution is -0.137. The van der Waals surface area contributed by atoms with Crippen molar-refractivity contribution in [2.24, 2.45) is 0 Å². The van der Waals surface area contributed by atoms with Gasteiger partial charge in [0.05, 0.1) is 25.3 Å². The van der Waals surface area contributed by atoms with Crippen LogP contribution in [0.25, 0.3) is 0 Å². The van der Waals surface area contributed by atoms with Gasteiger partial charge in [-0.2, -0.15) is 13.2 Å². The first kappa shape index (κ1) is 22.4. The van der Waals surface area contributed by atoms with Gasteiger partial charge < -0.3 is 14.6 Å². The van der Waals surface area contributed by atoms with Crippen LogP contribution in [0.1, 0.15) is 38.7 Å². The van der Waals surface area contributed by atoms with E-state index in [1.54, 1.807) is 36.4 Å². The van der Waals surface area contributed by atoms with E-state index in [2.05, 4.69) is 0 Å². The van der Waals surface area contributed by atoms with Gasteiger partial charge >= 0.3 is 6.18 Å². The summed E-state index contributed by atoms with van der Waals surface area (Å²) < 4.78 is 49.2. The van der Waals surface area contributed by atoms with Gasteiger partial charge in [0, 0.05) is 12.0 Å². The number of ketones is 1. The topological polar surface area (TPSA) is 55.8 Å². The van der Waals surface area contributed by atoms with Crippen molar-refractivity contribution in [3.63, 3.8) is 0 Å². The number of benzene rings is 3. The van der Waals surface area contributed by atoms with E-state index in [-0.39, 0.29) is 23.5 Å². The smallest absolute Gasteiger partial charge is 0.416 e. The van der Waals surface area contributed by atoms with E-state index >= 15 is 0 Å². The molecule has 0 bridgehead atoms. The van der Waals surface area contributed by atoms with Crippen LogP contribution in [-0.4, -0.2) is 25.1 Å². The van der Waals surface area contributed by atoms with Gasteiger partial charge in [0.25, 0.3) is 0 Å². The van der Waals surface area contributed by atoms with Crippen LogP contribution in [0, 0.1) is 0 Å². The minimum atomic E-state index is -4.40. The molecule has 1 atom stereocenters. The summed E-state index contributed by atoms with van der Waals surface area (Å²) in [5.74, 6) is -0.108. The van der Waals surface area contributed by atoms with Crippen molar-refractivity contribution in [1.82, 2.24) is 0 Å². The van der Waals surface area contributed by atoms with Crippen molar-refractivity contribution in [1.29, 1.82) is 0 Å². The maximum absolute atomic E-state index is 12.9. The highest BCUT2D eigenvalue weighted by atomic mass is 19.4. The maximum atomic E-state index is 12.9. The lowest BCUT2D eigenvalue weighted by atomic mass is 9.95. The minimum absolute atomic E-state index is 0.145. The van der Waals surface area contributed by atoms with Gasteiger partial charge in [-0.05, 0) is 29.3 Å². The number of ether oxygens (including phenoxy) is 2. The Hall–Kier alpha value is -3.32. The van der Waals surface area contributed by atoms with Crippen LogP contribution in [0.2, 0.25) is 0 Å². The molecule has 31 heavy (non-hydrogen) atoms. The van der Waals surface area contributed by atoms with Crippen molar-refractivity contribution >= 4 is 5.78 Å². The molecule has 0 saturated carbocycles. The number of carbonyl (C=O) groups excluding carboxylic acids is 1. The van der Waals surface area contributed by atoms with E-state index in [1.165, 1.54) is 32.4 Å². The molecule has 4 nitrogen and oxygen atoms in total. The number of carbonyl (C=O) groups is 1. The SMILES string of the molecule is COc1c(Cc2ccc(C(F)(F)F)cc2)ccc(C(=O)C(O)c2ccccc2)c1OC. The van der Waals surface area contributed by atoms with Crippen molar-refractivity contribution in [3.05, 3.63) is 94.5 Å². The summed E-state index contributed by atoms with van der Waals surface area (Å²) in [7, 11) is 2.79. The number of halogens is 3. The van der Waals surface area contributed by atoms with Gasteiger partial charge in [-0.3, -0.25) is 4.79 Å². The predicted molar refractivity (Wildman–Crippen MR) is 110 cm³/mol. The third kappa shape index (κ3) is 4.88. The highest BCUT2D eigenvalue weighted by Crippen LogP contribution is 2.38. The fourth-order valence-electron chi connectivity index (χ4n) is 3.33. The molecule has 0 aliphatic carbocycles. The molecule has 3 aromatic rings. The van der Waals surface area contributed by atoms with Crippen LogP contribution in [0.4, 0.5) is 13.2 Å². The normalized spacial score (nSPS) is 12.3. The molecule has 0 radical (unpaired) electrons. The average molecular weight is 430 g/mol. The standard InChI is InChI=1S/C24H21F3O4/c1-30-22-17(14-15-8-11-18(12-9-15)24(25,26)27)10-13-19(23(22)31-2)21(29)20(28)16-6-4-3-5-7-16/h3-13,20,28H,14H2,1-2H3. The second kappa shape index (κ2) is 9.22. The largest absolute Gasteiger partial charge is 0.493 e. The summed E-state index contributed by atoms with van der Waals surface area (Å²) in [5.41, 5.74) is 1.13. The molecule has 3 rings (SSSR count). The Kier molecular flexibility index (Phi) is 6.65. The number of Topliss-reactive ketones (excluding diaryl/α,β-unsaturated/α-hetero) is 1. The minimum Gasteiger partial charge on any atom is -0.493 e. The molecule has 1 unspecified atom stereocenters. The van der Waals surface area contributed by atoms with Crippen LogP contribution in [0.15, 0.2) is 66.7 Å². The summed E-state index contributed by atoms with van der Waals surface area (Å²) in [6.45, 7) is 0. The molecule has 0 heterocycles. The van der Waals surface area contributed by atoms with E-state index in [0.29, 0.717) is 16.7 Å². The van der Waals surface area contributed by atoms with Crippen LogP contribution >= 0.6 is 0 Å². The van der Waals surface area contributed by atoms with Gasteiger partial charge in [-0.15, -0.1) is 0 Å². The van der Waals surface area contributed by atoms with E-state index in [0.717, 1.165) is 12.1 Å². The maximum Gasteiger partial charge on any atom is 0.416 e. The molecule has 1 N–H and O–H groups in total. The Labute approximate surface area is 177 Å². The van der Waals surface area contributed by atoms with Crippen LogP contribution in [0.3, 0.4) is 0 Å². The van der Waals surface area contributed by atoms with E-state index in [4.69, 9.17) is 9.47 Å². The Morgan fingerprint density at radius 1 is 0.903 bits per heavy atom. The second-order valence-corrected chi connectivity index (χ2v) is 6.89. The molecule has 0 fully saturated rings. The molecule has 0 amide bonds. The van der Waals surface area contributed by atoms with Crippen LogP contribution in [-0.2, 0) is 12.6 Å². The Morgan fingerprint density at radius 2 is 1.52 bits per heavy atom. The number of hydrogen-bond acceptors (Lipinski definition) is 4. The summed E-state index contributed by atoms with van der Waals surface area (Å²) in [6, 6.07) is 16.5. The third-order valence-electron chi connectivity index (χ3n) is 4.91. The molecule has 0 spiro atoms. The zero-order valence-corrected chi connectivity index (χ0v) is 16.9. The molecule has 3 aromatic carbocycles. The second-order valence-electron chi connectivity index (χ2n) is 6.89. The molecule has 0 aliphatic rings.